The predicted molar refractivity (Wildman–Crippen MR) is 69.6 cm³/mol. The zero-order chi connectivity index (χ0) is 12.1. The Labute approximate surface area is 105 Å². The first-order chi connectivity index (χ1) is 8.25. The third-order valence-corrected chi connectivity index (χ3v) is 4.25. The number of nitrogens with two attached hydrogens (primary N) is 1. The minimum absolute atomic E-state index is 0.210. The Bertz CT molecular complexity index is 247. The molecular weight excluding hydrogens is 212 g/mol. The van der Waals surface area contributed by atoms with E-state index in [0.29, 0.717) is 11.8 Å². The lowest BCUT2D eigenvalue weighted by Gasteiger charge is -2.31. The van der Waals surface area contributed by atoms with Crippen molar-refractivity contribution < 1.29 is 4.79 Å². The SMILES string of the molecule is N[C@@H]1CCCN(C(=O)CC2CCCCCC2)C1. The fourth-order valence-electron chi connectivity index (χ4n) is 3.18. The van der Waals surface area contributed by atoms with Crippen molar-refractivity contribution in [3.05, 3.63) is 0 Å². The third-order valence-electron chi connectivity index (χ3n) is 4.25. The molecule has 0 unspecified atom stereocenters. The summed E-state index contributed by atoms with van der Waals surface area (Å²) in [6.07, 6.45) is 10.8. The summed E-state index contributed by atoms with van der Waals surface area (Å²) in [6.45, 7) is 1.71. The summed E-state index contributed by atoms with van der Waals surface area (Å²) < 4.78 is 0. The maximum absolute atomic E-state index is 12.2. The molecule has 1 aliphatic heterocycles. The maximum Gasteiger partial charge on any atom is 0.222 e. The van der Waals surface area contributed by atoms with E-state index < -0.39 is 0 Å². The summed E-state index contributed by atoms with van der Waals surface area (Å²) in [5.41, 5.74) is 5.93. The second kappa shape index (κ2) is 6.39. The Kier molecular flexibility index (Phi) is 4.84. The molecule has 1 amide bonds. The molecule has 1 saturated heterocycles. The molecule has 3 heteroatoms. The van der Waals surface area contributed by atoms with Gasteiger partial charge in [0.2, 0.25) is 5.91 Å². The van der Waals surface area contributed by atoms with Gasteiger partial charge in [-0.25, -0.2) is 0 Å². The van der Waals surface area contributed by atoms with Crippen molar-refractivity contribution in [2.45, 2.75) is 63.8 Å². The van der Waals surface area contributed by atoms with E-state index in [4.69, 9.17) is 5.73 Å². The number of likely N-dealkylation sites (tertiary alicyclic amines) is 1. The van der Waals surface area contributed by atoms with Crippen LogP contribution < -0.4 is 5.73 Å². The molecule has 17 heavy (non-hydrogen) atoms. The number of piperidine rings is 1. The van der Waals surface area contributed by atoms with Crippen LogP contribution >= 0.6 is 0 Å². The first-order valence-electron chi connectivity index (χ1n) is 7.29. The van der Waals surface area contributed by atoms with Crippen molar-refractivity contribution in [3.8, 4) is 0 Å². The van der Waals surface area contributed by atoms with Crippen LogP contribution in [0.1, 0.15) is 57.8 Å². The standard InChI is InChI=1S/C14H26N2O/c15-13-8-5-9-16(11-13)14(17)10-12-6-3-1-2-4-7-12/h12-13H,1-11,15H2/t13-/m1/s1. The predicted octanol–water partition coefficient (Wildman–Crippen LogP) is 2.30. The highest BCUT2D eigenvalue weighted by atomic mass is 16.2. The average molecular weight is 238 g/mol. The Morgan fingerprint density at radius 1 is 1.06 bits per heavy atom. The van der Waals surface area contributed by atoms with E-state index in [9.17, 15) is 4.79 Å². The minimum atomic E-state index is 0.210. The van der Waals surface area contributed by atoms with Crippen LogP contribution in [0.25, 0.3) is 0 Å². The van der Waals surface area contributed by atoms with E-state index in [-0.39, 0.29) is 6.04 Å². The van der Waals surface area contributed by atoms with Crippen LogP contribution in [0.5, 0.6) is 0 Å². The van der Waals surface area contributed by atoms with Crippen LogP contribution in [-0.2, 0) is 4.79 Å². The molecule has 0 aromatic rings. The smallest absolute Gasteiger partial charge is 0.222 e. The number of carbonyl (C=O) groups is 1. The van der Waals surface area contributed by atoms with Gasteiger partial charge in [0, 0.05) is 25.6 Å². The lowest BCUT2D eigenvalue weighted by molar-refractivity contribution is -0.133. The first-order valence-corrected chi connectivity index (χ1v) is 7.29. The monoisotopic (exact) mass is 238 g/mol. The summed E-state index contributed by atoms with van der Waals surface area (Å²) in [5, 5.41) is 0. The van der Waals surface area contributed by atoms with Crippen LogP contribution in [0.15, 0.2) is 0 Å². The maximum atomic E-state index is 12.2. The lowest BCUT2D eigenvalue weighted by atomic mass is 9.95. The molecule has 1 atom stereocenters. The Hall–Kier alpha value is -0.570. The van der Waals surface area contributed by atoms with Crippen LogP contribution in [0, 0.1) is 5.92 Å². The highest BCUT2D eigenvalue weighted by Gasteiger charge is 2.24. The van der Waals surface area contributed by atoms with E-state index >= 15 is 0 Å². The fraction of sp³-hybridized carbons (Fsp3) is 0.929. The van der Waals surface area contributed by atoms with Crippen molar-refractivity contribution in [1.82, 2.24) is 4.90 Å². The minimum Gasteiger partial charge on any atom is -0.341 e. The summed E-state index contributed by atoms with van der Waals surface area (Å²) in [5.74, 6) is 0.996. The van der Waals surface area contributed by atoms with Gasteiger partial charge in [0.25, 0.3) is 0 Å². The number of rotatable bonds is 2. The Morgan fingerprint density at radius 3 is 2.41 bits per heavy atom. The zero-order valence-electron chi connectivity index (χ0n) is 10.9. The van der Waals surface area contributed by atoms with Gasteiger partial charge >= 0.3 is 0 Å². The Morgan fingerprint density at radius 2 is 1.76 bits per heavy atom. The number of hydrogen-bond acceptors (Lipinski definition) is 2. The van der Waals surface area contributed by atoms with Gasteiger partial charge in [-0.05, 0) is 31.6 Å². The molecule has 3 nitrogen and oxygen atoms in total. The second-order valence-corrected chi connectivity index (χ2v) is 5.80. The van der Waals surface area contributed by atoms with Crippen molar-refractivity contribution in [1.29, 1.82) is 0 Å². The number of amides is 1. The average Bonchev–Trinajstić information content (AvgIpc) is 2.57. The summed E-state index contributed by atoms with van der Waals surface area (Å²) >= 11 is 0. The number of hydrogen-bond donors (Lipinski definition) is 1. The van der Waals surface area contributed by atoms with Gasteiger partial charge in [-0.1, -0.05) is 25.7 Å². The molecule has 0 aromatic heterocycles. The third kappa shape index (κ3) is 3.98. The normalized spacial score (nSPS) is 27.8. The molecule has 1 saturated carbocycles. The van der Waals surface area contributed by atoms with Gasteiger partial charge in [0.1, 0.15) is 0 Å². The molecule has 0 bridgehead atoms. The topological polar surface area (TPSA) is 46.3 Å². The lowest BCUT2D eigenvalue weighted by Crippen LogP contribution is -2.46. The van der Waals surface area contributed by atoms with Crippen LogP contribution in [0.4, 0.5) is 0 Å². The van der Waals surface area contributed by atoms with E-state index in [0.717, 1.165) is 32.4 Å². The molecule has 0 aromatic carbocycles. The largest absolute Gasteiger partial charge is 0.341 e. The highest BCUT2D eigenvalue weighted by molar-refractivity contribution is 5.76. The molecule has 0 spiro atoms. The van der Waals surface area contributed by atoms with Gasteiger partial charge in [-0.2, -0.15) is 0 Å². The summed E-state index contributed by atoms with van der Waals surface area (Å²) in [4.78, 5) is 14.2. The number of carbonyl (C=O) groups excluding carboxylic acids is 1. The van der Waals surface area contributed by atoms with Gasteiger partial charge in [-0.15, -0.1) is 0 Å². The Balaban J connectivity index is 1.78. The molecule has 0 radical (unpaired) electrons. The molecule has 2 fully saturated rings. The van der Waals surface area contributed by atoms with E-state index in [2.05, 4.69) is 0 Å². The molecular formula is C14H26N2O. The second-order valence-electron chi connectivity index (χ2n) is 5.80. The van der Waals surface area contributed by atoms with Gasteiger partial charge in [0.15, 0.2) is 0 Å². The zero-order valence-corrected chi connectivity index (χ0v) is 10.9. The van der Waals surface area contributed by atoms with Gasteiger partial charge in [0.05, 0.1) is 0 Å². The van der Waals surface area contributed by atoms with Crippen molar-refractivity contribution >= 4 is 5.91 Å². The number of nitrogens with zero attached hydrogens (tertiary/aromatic N) is 1. The molecule has 98 valence electrons. The fourth-order valence-corrected chi connectivity index (χ4v) is 3.18. The van der Waals surface area contributed by atoms with Crippen molar-refractivity contribution in [2.75, 3.05) is 13.1 Å². The van der Waals surface area contributed by atoms with Crippen LogP contribution in [0.3, 0.4) is 0 Å². The van der Waals surface area contributed by atoms with Crippen molar-refractivity contribution in [3.63, 3.8) is 0 Å². The molecule has 2 aliphatic rings. The van der Waals surface area contributed by atoms with Crippen molar-refractivity contribution in [2.24, 2.45) is 11.7 Å². The van der Waals surface area contributed by atoms with E-state index in [1.165, 1.54) is 38.5 Å². The van der Waals surface area contributed by atoms with Crippen LogP contribution in [0.2, 0.25) is 0 Å². The van der Waals surface area contributed by atoms with Gasteiger partial charge in [-0.3, -0.25) is 4.79 Å². The highest BCUT2D eigenvalue weighted by Crippen LogP contribution is 2.26. The molecule has 1 aliphatic carbocycles. The summed E-state index contributed by atoms with van der Waals surface area (Å²) in [6, 6.07) is 0.210. The quantitative estimate of drug-likeness (QED) is 0.750. The van der Waals surface area contributed by atoms with Gasteiger partial charge < -0.3 is 10.6 Å². The van der Waals surface area contributed by atoms with Crippen LogP contribution in [-0.4, -0.2) is 29.9 Å². The molecule has 2 rings (SSSR count). The summed E-state index contributed by atoms with van der Waals surface area (Å²) in [7, 11) is 0. The first kappa shape index (κ1) is 12.9. The van der Waals surface area contributed by atoms with E-state index in [1.54, 1.807) is 0 Å². The molecule has 2 N–H and O–H groups in total. The molecule has 1 heterocycles. The van der Waals surface area contributed by atoms with E-state index in [1.807, 2.05) is 4.90 Å².